The number of aromatic hydroxyl groups is 1. The van der Waals surface area contributed by atoms with Crippen LogP contribution in [-0.2, 0) is 0 Å². The second-order valence-corrected chi connectivity index (χ2v) is 5.29. The maximum Gasteiger partial charge on any atom is 0.121 e. The number of hydrogen-bond acceptors (Lipinski definition) is 3. The van der Waals surface area contributed by atoms with E-state index in [9.17, 15) is 5.11 Å². The number of hydrogen-bond donors (Lipinski definition) is 2. The average Bonchev–Trinajstić information content (AvgIpc) is 2.47. The van der Waals surface area contributed by atoms with Gasteiger partial charge in [-0.15, -0.1) is 0 Å². The molecule has 0 aliphatic rings. The molecule has 112 valence electrons. The van der Waals surface area contributed by atoms with E-state index in [0.29, 0.717) is 5.75 Å². The standard InChI is InChI=1S/C18H23NO2/c1-4-13(2)21-16-9-7-8-15(12-16)19-14(3)17-10-5-6-11-18(17)20/h5-14,19-20H,4H2,1-3H3. The smallest absolute Gasteiger partial charge is 0.121 e. The van der Waals surface area contributed by atoms with Crippen LogP contribution in [0.3, 0.4) is 0 Å². The maximum absolute atomic E-state index is 9.90. The van der Waals surface area contributed by atoms with Crippen molar-refractivity contribution in [2.24, 2.45) is 0 Å². The van der Waals surface area contributed by atoms with Gasteiger partial charge in [0.2, 0.25) is 0 Å². The van der Waals surface area contributed by atoms with Gasteiger partial charge in [0, 0.05) is 17.3 Å². The summed E-state index contributed by atoms with van der Waals surface area (Å²) in [6, 6.07) is 15.3. The number of phenols is 1. The summed E-state index contributed by atoms with van der Waals surface area (Å²) >= 11 is 0. The summed E-state index contributed by atoms with van der Waals surface area (Å²) in [5.41, 5.74) is 1.86. The van der Waals surface area contributed by atoms with E-state index in [2.05, 4.69) is 19.2 Å². The molecule has 0 amide bonds. The SMILES string of the molecule is CCC(C)Oc1cccc(NC(C)c2ccccc2O)c1. The summed E-state index contributed by atoms with van der Waals surface area (Å²) in [5.74, 6) is 1.17. The quantitative estimate of drug-likeness (QED) is 0.805. The van der Waals surface area contributed by atoms with E-state index in [0.717, 1.165) is 23.4 Å². The van der Waals surface area contributed by atoms with Gasteiger partial charge in [-0.2, -0.15) is 0 Å². The Bertz CT molecular complexity index is 583. The minimum Gasteiger partial charge on any atom is -0.508 e. The minimum absolute atomic E-state index is 0.0186. The second-order valence-electron chi connectivity index (χ2n) is 5.29. The van der Waals surface area contributed by atoms with Crippen molar-refractivity contribution in [2.75, 3.05) is 5.32 Å². The van der Waals surface area contributed by atoms with Crippen molar-refractivity contribution >= 4 is 5.69 Å². The van der Waals surface area contributed by atoms with Gasteiger partial charge in [-0.3, -0.25) is 0 Å². The largest absolute Gasteiger partial charge is 0.508 e. The molecule has 0 fully saturated rings. The van der Waals surface area contributed by atoms with Crippen LogP contribution in [0.2, 0.25) is 0 Å². The van der Waals surface area contributed by atoms with Crippen LogP contribution in [0.15, 0.2) is 48.5 Å². The molecule has 0 heterocycles. The Hall–Kier alpha value is -2.16. The Labute approximate surface area is 126 Å². The first-order valence-corrected chi connectivity index (χ1v) is 7.41. The van der Waals surface area contributed by atoms with Gasteiger partial charge in [0.15, 0.2) is 0 Å². The molecule has 0 aliphatic heterocycles. The van der Waals surface area contributed by atoms with Gasteiger partial charge in [0.05, 0.1) is 12.1 Å². The molecule has 2 aromatic rings. The highest BCUT2D eigenvalue weighted by atomic mass is 16.5. The van der Waals surface area contributed by atoms with Crippen LogP contribution in [0.1, 0.15) is 38.8 Å². The number of para-hydroxylation sites is 1. The molecule has 0 bridgehead atoms. The predicted molar refractivity (Wildman–Crippen MR) is 87.0 cm³/mol. The summed E-state index contributed by atoms with van der Waals surface area (Å²) in [5, 5.41) is 13.3. The fourth-order valence-electron chi connectivity index (χ4n) is 2.16. The molecule has 2 aromatic carbocycles. The molecule has 21 heavy (non-hydrogen) atoms. The van der Waals surface area contributed by atoms with Gasteiger partial charge in [-0.1, -0.05) is 31.2 Å². The predicted octanol–water partition coefficient (Wildman–Crippen LogP) is 4.74. The van der Waals surface area contributed by atoms with E-state index in [1.807, 2.05) is 49.4 Å². The van der Waals surface area contributed by atoms with E-state index in [-0.39, 0.29) is 12.1 Å². The van der Waals surface area contributed by atoms with E-state index in [1.165, 1.54) is 0 Å². The Balaban J connectivity index is 2.09. The normalized spacial score (nSPS) is 13.5. The number of ether oxygens (including phenoxy) is 1. The second kappa shape index (κ2) is 7.02. The van der Waals surface area contributed by atoms with Crippen LogP contribution in [0.5, 0.6) is 11.5 Å². The zero-order valence-corrected chi connectivity index (χ0v) is 12.8. The average molecular weight is 285 g/mol. The third kappa shape index (κ3) is 4.15. The number of phenolic OH excluding ortho intramolecular Hbond substituents is 1. The molecule has 0 saturated carbocycles. The first-order valence-electron chi connectivity index (χ1n) is 7.41. The zero-order chi connectivity index (χ0) is 15.2. The molecule has 2 N–H and O–H groups in total. The highest BCUT2D eigenvalue weighted by molar-refractivity contribution is 5.51. The van der Waals surface area contributed by atoms with Gasteiger partial charge in [-0.25, -0.2) is 0 Å². The van der Waals surface area contributed by atoms with Gasteiger partial charge in [-0.05, 0) is 38.5 Å². The van der Waals surface area contributed by atoms with Gasteiger partial charge < -0.3 is 15.2 Å². The van der Waals surface area contributed by atoms with Crippen LogP contribution in [0.25, 0.3) is 0 Å². The van der Waals surface area contributed by atoms with E-state index < -0.39 is 0 Å². The van der Waals surface area contributed by atoms with Crippen LogP contribution in [-0.4, -0.2) is 11.2 Å². The lowest BCUT2D eigenvalue weighted by atomic mass is 10.1. The topological polar surface area (TPSA) is 41.5 Å². The Morgan fingerprint density at radius 3 is 2.57 bits per heavy atom. The number of rotatable bonds is 6. The van der Waals surface area contributed by atoms with E-state index >= 15 is 0 Å². The molecule has 0 saturated heterocycles. The molecule has 3 nitrogen and oxygen atoms in total. The highest BCUT2D eigenvalue weighted by Crippen LogP contribution is 2.28. The summed E-state index contributed by atoms with van der Waals surface area (Å²) in [7, 11) is 0. The first kappa shape index (κ1) is 15.2. The Morgan fingerprint density at radius 1 is 1.10 bits per heavy atom. The molecular formula is C18H23NO2. The summed E-state index contributed by atoms with van der Waals surface area (Å²) < 4.78 is 5.83. The molecule has 0 spiro atoms. The molecule has 2 atom stereocenters. The van der Waals surface area contributed by atoms with Gasteiger partial charge in [0.25, 0.3) is 0 Å². The number of benzene rings is 2. The van der Waals surface area contributed by atoms with Crippen molar-refractivity contribution in [3.63, 3.8) is 0 Å². The van der Waals surface area contributed by atoms with Crippen molar-refractivity contribution in [3.05, 3.63) is 54.1 Å². The van der Waals surface area contributed by atoms with E-state index in [4.69, 9.17) is 4.74 Å². The first-order chi connectivity index (χ1) is 10.1. The number of nitrogens with one attached hydrogen (secondary N) is 1. The monoisotopic (exact) mass is 285 g/mol. The third-order valence-electron chi connectivity index (χ3n) is 3.53. The Kier molecular flexibility index (Phi) is 5.09. The number of anilines is 1. The zero-order valence-electron chi connectivity index (χ0n) is 12.8. The van der Waals surface area contributed by atoms with Crippen LogP contribution >= 0.6 is 0 Å². The molecule has 0 aromatic heterocycles. The molecule has 3 heteroatoms. The molecule has 0 aliphatic carbocycles. The summed E-state index contributed by atoms with van der Waals surface area (Å²) in [4.78, 5) is 0. The molecule has 0 radical (unpaired) electrons. The fraction of sp³-hybridized carbons (Fsp3) is 0.333. The fourth-order valence-corrected chi connectivity index (χ4v) is 2.16. The minimum atomic E-state index is 0.0186. The maximum atomic E-state index is 9.90. The van der Waals surface area contributed by atoms with Crippen molar-refractivity contribution in [1.82, 2.24) is 0 Å². The van der Waals surface area contributed by atoms with Crippen LogP contribution in [0.4, 0.5) is 5.69 Å². The third-order valence-corrected chi connectivity index (χ3v) is 3.53. The molecular weight excluding hydrogens is 262 g/mol. The van der Waals surface area contributed by atoms with Gasteiger partial charge in [0.1, 0.15) is 11.5 Å². The van der Waals surface area contributed by atoms with E-state index in [1.54, 1.807) is 6.07 Å². The lowest BCUT2D eigenvalue weighted by Gasteiger charge is -2.18. The van der Waals surface area contributed by atoms with Crippen molar-refractivity contribution in [2.45, 2.75) is 39.3 Å². The lowest BCUT2D eigenvalue weighted by molar-refractivity contribution is 0.217. The van der Waals surface area contributed by atoms with Crippen molar-refractivity contribution < 1.29 is 9.84 Å². The van der Waals surface area contributed by atoms with Gasteiger partial charge >= 0.3 is 0 Å². The lowest BCUT2D eigenvalue weighted by Crippen LogP contribution is -2.10. The summed E-state index contributed by atoms with van der Waals surface area (Å²) in [6.07, 6.45) is 1.18. The van der Waals surface area contributed by atoms with Crippen LogP contribution in [0, 0.1) is 0 Å². The summed E-state index contributed by atoms with van der Waals surface area (Å²) in [6.45, 7) is 6.19. The Morgan fingerprint density at radius 2 is 1.86 bits per heavy atom. The molecule has 2 rings (SSSR count). The van der Waals surface area contributed by atoms with Crippen molar-refractivity contribution in [3.8, 4) is 11.5 Å². The highest BCUT2D eigenvalue weighted by Gasteiger charge is 2.10. The molecule has 2 unspecified atom stereocenters. The van der Waals surface area contributed by atoms with Crippen molar-refractivity contribution in [1.29, 1.82) is 0 Å². The van der Waals surface area contributed by atoms with Crippen LogP contribution < -0.4 is 10.1 Å².